The van der Waals surface area contributed by atoms with Crippen LogP contribution in [0.4, 0.5) is 0 Å². The van der Waals surface area contributed by atoms with Crippen molar-refractivity contribution in [3.05, 3.63) is 12.7 Å². The molecule has 0 aliphatic heterocycles. The van der Waals surface area contributed by atoms with E-state index in [2.05, 4.69) is 11.3 Å². The zero-order chi connectivity index (χ0) is 10.1. The average molecular weight is 186 g/mol. The highest BCUT2D eigenvalue weighted by atomic mass is 16.6. The third-order valence-electron chi connectivity index (χ3n) is 1.12. The van der Waals surface area contributed by atoms with E-state index in [4.69, 9.17) is 4.74 Å². The predicted octanol–water partition coefficient (Wildman–Crippen LogP) is 0.711. The minimum Gasteiger partial charge on any atom is -0.463 e. The van der Waals surface area contributed by atoms with E-state index in [-0.39, 0.29) is 18.8 Å². The van der Waals surface area contributed by atoms with Crippen LogP contribution in [0.25, 0.3) is 0 Å². The second-order valence-corrected chi connectivity index (χ2v) is 2.46. The molecule has 0 spiro atoms. The Hall–Kier alpha value is -1.16. The fourth-order valence-corrected chi connectivity index (χ4v) is 0.635. The Kier molecular flexibility index (Phi) is 6.82. The zero-order valence-electron chi connectivity index (χ0n) is 7.75. The van der Waals surface area contributed by atoms with Crippen LogP contribution in [0.1, 0.15) is 13.3 Å². The van der Waals surface area contributed by atoms with Crippen molar-refractivity contribution in [2.45, 2.75) is 13.3 Å². The molecule has 74 valence electrons. The number of carbonyl (C=O) groups is 2. The molecule has 0 radical (unpaired) electrons. The van der Waals surface area contributed by atoms with Crippen LogP contribution in [-0.4, -0.2) is 31.6 Å². The first-order chi connectivity index (χ1) is 6.16. The maximum atomic E-state index is 10.8. The molecule has 0 aromatic heterocycles. The van der Waals surface area contributed by atoms with Gasteiger partial charge in [-0.05, 0) is 6.92 Å². The number of rotatable bonds is 7. The number of carbonyl (C=O) groups excluding carboxylic acids is 2. The lowest BCUT2D eigenvalue weighted by atomic mass is 10.3. The molecular formula is C9H14O4. The van der Waals surface area contributed by atoms with E-state index >= 15 is 0 Å². The summed E-state index contributed by atoms with van der Waals surface area (Å²) in [6.07, 6.45) is 1.44. The number of hydrogen-bond donors (Lipinski definition) is 0. The molecule has 0 saturated heterocycles. The van der Waals surface area contributed by atoms with Gasteiger partial charge in [-0.2, -0.15) is 0 Å². The molecule has 0 aromatic rings. The highest BCUT2D eigenvalue weighted by Gasteiger charge is 2.05. The minimum absolute atomic E-state index is 0.165. The van der Waals surface area contributed by atoms with E-state index < -0.39 is 5.97 Å². The molecule has 0 aliphatic rings. The van der Waals surface area contributed by atoms with Crippen LogP contribution in [-0.2, 0) is 19.1 Å². The first-order valence-corrected chi connectivity index (χ1v) is 4.00. The first-order valence-electron chi connectivity index (χ1n) is 4.00. The van der Waals surface area contributed by atoms with Crippen molar-refractivity contribution in [3.63, 3.8) is 0 Å². The van der Waals surface area contributed by atoms with Gasteiger partial charge in [0.15, 0.2) is 0 Å². The van der Waals surface area contributed by atoms with Gasteiger partial charge in [0, 0.05) is 0 Å². The fraction of sp³-hybridized carbons (Fsp3) is 0.556. The van der Waals surface area contributed by atoms with Crippen molar-refractivity contribution in [1.82, 2.24) is 0 Å². The lowest BCUT2D eigenvalue weighted by Crippen LogP contribution is -2.13. The number of esters is 1. The summed E-state index contributed by atoms with van der Waals surface area (Å²) in [5.74, 6) is -0.702. The van der Waals surface area contributed by atoms with Gasteiger partial charge in [0.2, 0.25) is 0 Å². The molecule has 0 rings (SSSR count). The molecule has 0 bridgehead atoms. The molecule has 13 heavy (non-hydrogen) atoms. The van der Waals surface area contributed by atoms with E-state index in [1.807, 2.05) is 0 Å². The van der Waals surface area contributed by atoms with Gasteiger partial charge in [0.05, 0.1) is 13.2 Å². The molecule has 0 aliphatic carbocycles. The van der Waals surface area contributed by atoms with Crippen LogP contribution in [0.15, 0.2) is 12.7 Å². The van der Waals surface area contributed by atoms with Crippen molar-refractivity contribution in [2.24, 2.45) is 0 Å². The number of ketones is 1. The molecule has 0 atom stereocenters. The monoisotopic (exact) mass is 186 g/mol. The predicted molar refractivity (Wildman–Crippen MR) is 47.3 cm³/mol. The normalized spacial score (nSPS) is 9.31. The van der Waals surface area contributed by atoms with Crippen molar-refractivity contribution >= 4 is 11.8 Å². The first kappa shape index (κ1) is 11.8. The largest absolute Gasteiger partial charge is 0.463 e. The van der Waals surface area contributed by atoms with Crippen molar-refractivity contribution in [1.29, 1.82) is 0 Å². The molecule has 0 aromatic carbocycles. The second-order valence-electron chi connectivity index (χ2n) is 2.46. The van der Waals surface area contributed by atoms with E-state index in [0.29, 0.717) is 13.2 Å². The van der Waals surface area contributed by atoms with Gasteiger partial charge < -0.3 is 9.47 Å². The van der Waals surface area contributed by atoms with Crippen molar-refractivity contribution in [3.8, 4) is 0 Å². The van der Waals surface area contributed by atoms with Crippen molar-refractivity contribution < 1.29 is 19.1 Å². The lowest BCUT2D eigenvalue weighted by Gasteiger charge is -2.02. The third kappa shape index (κ3) is 8.75. The average Bonchev–Trinajstić information content (AvgIpc) is 2.02. The van der Waals surface area contributed by atoms with E-state index in [9.17, 15) is 9.59 Å². The summed E-state index contributed by atoms with van der Waals surface area (Å²) in [6, 6.07) is 0. The van der Waals surface area contributed by atoms with Gasteiger partial charge in [-0.15, -0.1) is 6.58 Å². The van der Waals surface area contributed by atoms with E-state index in [0.717, 1.165) is 0 Å². The summed E-state index contributed by atoms with van der Waals surface area (Å²) in [7, 11) is 0. The molecule has 4 nitrogen and oxygen atoms in total. The topological polar surface area (TPSA) is 52.6 Å². The standard InChI is InChI=1S/C9H14O4/c1-3-4-12-5-6-13-9(11)7-8(2)10/h3H,1,4-7H2,2H3. The summed E-state index contributed by atoms with van der Waals surface area (Å²) < 4.78 is 9.64. The molecule has 0 N–H and O–H groups in total. The van der Waals surface area contributed by atoms with Gasteiger partial charge >= 0.3 is 5.97 Å². The molecule has 0 heterocycles. The maximum absolute atomic E-state index is 10.8. The summed E-state index contributed by atoms with van der Waals surface area (Å²) in [6.45, 7) is 5.74. The summed E-state index contributed by atoms with van der Waals surface area (Å²) in [5, 5.41) is 0. The molecule has 0 unspecified atom stereocenters. The number of Topliss-reactive ketones (excluding diaryl/α,β-unsaturated/α-hetero) is 1. The summed E-state index contributed by atoms with van der Waals surface area (Å²) in [5.41, 5.74) is 0. The minimum atomic E-state index is -0.505. The number of ether oxygens (including phenoxy) is 2. The van der Waals surface area contributed by atoms with E-state index in [1.165, 1.54) is 6.92 Å². The second kappa shape index (κ2) is 7.49. The smallest absolute Gasteiger partial charge is 0.313 e. The van der Waals surface area contributed by atoms with Crippen LogP contribution in [0.3, 0.4) is 0 Å². The Labute approximate surface area is 77.5 Å². The Morgan fingerprint density at radius 2 is 2.08 bits per heavy atom. The van der Waals surface area contributed by atoms with Gasteiger partial charge in [-0.3, -0.25) is 9.59 Å². The Bertz CT molecular complexity index is 186. The lowest BCUT2D eigenvalue weighted by molar-refractivity contribution is -0.147. The quantitative estimate of drug-likeness (QED) is 0.254. The Morgan fingerprint density at radius 1 is 1.38 bits per heavy atom. The molecule has 0 amide bonds. The van der Waals surface area contributed by atoms with Crippen LogP contribution in [0, 0.1) is 0 Å². The molecule has 0 fully saturated rings. The SMILES string of the molecule is C=CCOCCOC(=O)CC(C)=O. The van der Waals surface area contributed by atoms with Gasteiger partial charge in [-0.1, -0.05) is 6.08 Å². The van der Waals surface area contributed by atoms with Gasteiger partial charge in [0.1, 0.15) is 18.8 Å². The molecule has 4 heteroatoms. The van der Waals surface area contributed by atoms with E-state index in [1.54, 1.807) is 6.08 Å². The molecule has 0 saturated carbocycles. The van der Waals surface area contributed by atoms with Crippen LogP contribution in [0.2, 0.25) is 0 Å². The third-order valence-corrected chi connectivity index (χ3v) is 1.12. The fourth-order valence-electron chi connectivity index (χ4n) is 0.635. The van der Waals surface area contributed by atoms with Gasteiger partial charge in [0.25, 0.3) is 0 Å². The number of hydrogen-bond acceptors (Lipinski definition) is 4. The highest BCUT2D eigenvalue weighted by molar-refractivity contribution is 5.94. The maximum Gasteiger partial charge on any atom is 0.313 e. The Morgan fingerprint density at radius 3 is 2.62 bits per heavy atom. The van der Waals surface area contributed by atoms with Crippen LogP contribution >= 0.6 is 0 Å². The summed E-state index contributed by atoms with van der Waals surface area (Å²) >= 11 is 0. The Balaban J connectivity index is 3.26. The van der Waals surface area contributed by atoms with Crippen LogP contribution < -0.4 is 0 Å². The molecular weight excluding hydrogens is 172 g/mol. The van der Waals surface area contributed by atoms with Crippen molar-refractivity contribution in [2.75, 3.05) is 19.8 Å². The highest BCUT2D eigenvalue weighted by Crippen LogP contribution is 1.88. The van der Waals surface area contributed by atoms with Gasteiger partial charge in [-0.25, -0.2) is 0 Å². The zero-order valence-corrected chi connectivity index (χ0v) is 7.75. The van der Waals surface area contributed by atoms with Crippen LogP contribution in [0.5, 0.6) is 0 Å². The summed E-state index contributed by atoms with van der Waals surface area (Å²) in [4.78, 5) is 21.2.